The summed E-state index contributed by atoms with van der Waals surface area (Å²) in [6.45, 7) is 2.18. The zero-order chi connectivity index (χ0) is 9.40. The maximum atomic E-state index is 10.4. The first-order chi connectivity index (χ1) is 5.63. The molecule has 0 unspecified atom stereocenters. The van der Waals surface area contributed by atoms with E-state index in [4.69, 9.17) is 5.73 Å². The van der Waals surface area contributed by atoms with Crippen molar-refractivity contribution in [2.75, 3.05) is 6.54 Å². The number of carbonyl (C=O) groups excluding carboxylic acids is 2. The zero-order valence-electron chi connectivity index (χ0n) is 7.43. The van der Waals surface area contributed by atoms with Crippen LogP contribution in [0.1, 0.15) is 32.6 Å². The van der Waals surface area contributed by atoms with Gasteiger partial charge in [-0.05, 0) is 12.8 Å². The van der Waals surface area contributed by atoms with Crippen LogP contribution >= 0.6 is 0 Å². The van der Waals surface area contributed by atoms with Crippen LogP contribution in [0, 0.1) is 0 Å². The van der Waals surface area contributed by atoms with Crippen LogP contribution in [0.5, 0.6) is 0 Å². The summed E-state index contributed by atoms with van der Waals surface area (Å²) in [4.78, 5) is 20.7. The lowest BCUT2D eigenvalue weighted by Crippen LogP contribution is -2.20. The first-order valence-corrected chi connectivity index (χ1v) is 4.15. The number of amides is 2. The molecule has 0 saturated carbocycles. The Hall–Kier alpha value is -1.06. The van der Waals surface area contributed by atoms with Crippen molar-refractivity contribution < 1.29 is 9.59 Å². The first-order valence-electron chi connectivity index (χ1n) is 4.15. The molecule has 70 valence electrons. The first kappa shape index (κ1) is 10.9. The summed E-state index contributed by atoms with van der Waals surface area (Å²) in [5.74, 6) is -0.264. The van der Waals surface area contributed by atoms with Crippen LogP contribution in [0.15, 0.2) is 0 Å². The molecular formula is C8H16N2O2. The van der Waals surface area contributed by atoms with Gasteiger partial charge >= 0.3 is 0 Å². The predicted molar refractivity (Wildman–Crippen MR) is 46.3 cm³/mol. The van der Waals surface area contributed by atoms with Crippen LogP contribution in [0.25, 0.3) is 0 Å². The van der Waals surface area contributed by atoms with Crippen molar-refractivity contribution in [1.29, 1.82) is 0 Å². The molecule has 12 heavy (non-hydrogen) atoms. The molecule has 3 N–H and O–H groups in total. The van der Waals surface area contributed by atoms with Crippen molar-refractivity contribution in [3.05, 3.63) is 0 Å². The third-order valence-electron chi connectivity index (χ3n) is 1.47. The SMILES string of the molecule is CC(=O)NCCCCCC(N)=O. The molecule has 0 atom stereocenters. The Balaban J connectivity index is 3.01. The van der Waals surface area contributed by atoms with Gasteiger partial charge in [-0.2, -0.15) is 0 Å². The highest BCUT2D eigenvalue weighted by Crippen LogP contribution is 1.97. The van der Waals surface area contributed by atoms with Crippen molar-refractivity contribution in [1.82, 2.24) is 5.32 Å². The minimum Gasteiger partial charge on any atom is -0.370 e. The monoisotopic (exact) mass is 172 g/mol. The topological polar surface area (TPSA) is 72.2 Å². The fourth-order valence-corrected chi connectivity index (χ4v) is 0.865. The van der Waals surface area contributed by atoms with Crippen LogP contribution in [-0.2, 0) is 9.59 Å². The van der Waals surface area contributed by atoms with Crippen molar-refractivity contribution in [3.63, 3.8) is 0 Å². The van der Waals surface area contributed by atoms with Gasteiger partial charge in [0.25, 0.3) is 0 Å². The fraction of sp³-hybridized carbons (Fsp3) is 0.750. The summed E-state index contributed by atoms with van der Waals surface area (Å²) < 4.78 is 0. The maximum Gasteiger partial charge on any atom is 0.217 e. The molecule has 0 aromatic heterocycles. The molecule has 4 heteroatoms. The molecule has 0 saturated heterocycles. The van der Waals surface area contributed by atoms with E-state index in [2.05, 4.69) is 5.32 Å². The summed E-state index contributed by atoms with van der Waals surface area (Å²) in [7, 11) is 0. The Morgan fingerprint density at radius 1 is 1.25 bits per heavy atom. The molecule has 0 aromatic carbocycles. The third-order valence-corrected chi connectivity index (χ3v) is 1.47. The van der Waals surface area contributed by atoms with Gasteiger partial charge in [0.1, 0.15) is 0 Å². The molecule has 0 aromatic rings. The second-order valence-corrected chi connectivity index (χ2v) is 2.76. The largest absolute Gasteiger partial charge is 0.370 e. The molecule has 0 spiro atoms. The summed E-state index contributed by atoms with van der Waals surface area (Å²) in [5, 5.41) is 2.68. The molecule has 0 fully saturated rings. The van der Waals surface area contributed by atoms with E-state index in [0.29, 0.717) is 13.0 Å². The van der Waals surface area contributed by atoms with Gasteiger partial charge in [-0.25, -0.2) is 0 Å². The fourth-order valence-electron chi connectivity index (χ4n) is 0.865. The normalized spacial score (nSPS) is 9.42. The van der Waals surface area contributed by atoms with E-state index in [9.17, 15) is 9.59 Å². The van der Waals surface area contributed by atoms with Crippen molar-refractivity contribution in [2.24, 2.45) is 5.73 Å². The number of nitrogens with one attached hydrogen (secondary N) is 1. The van der Waals surface area contributed by atoms with Crippen LogP contribution in [0.2, 0.25) is 0 Å². The molecular weight excluding hydrogens is 156 g/mol. The number of hydrogen-bond donors (Lipinski definition) is 2. The smallest absolute Gasteiger partial charge is 0.217 e. The summed E-state index contributed by atoms with van der Waals surface area (Å²) in [6.07, 6.45) is 3.10. The average Bonchev–Trinajstić information content (AvgIpc) is 1.95. The van der Waals surface area contributed by atoms with E-state index in [1.807, 2.05) is 0 Å². The van der Waals surface area contributed by atoms with Crippen LogP contribution in [0.3, 0.4) is 0 Å². The van der Waals surface area contributed by atoms with Crippen LogP contribution in [0.4, 0.5) is 0 Å². The molecule has 0 aliphatic rings. The molecule has 2 amide bonds. The lowest BCUT2D eigenvalue weighted by molar-refractivity contribution is -0.119. The second kappa shape index (κ2) is 6.64. The van der Waals surface area contributed by atoms with E-state index in [0.717, 1.165) is 19.3 Å². The molecule has 0 rings (SSSR count). The van der Waals surface area contributed by atoms with E-state index >= 15 is 0 Å². The highest BCUT2D eigenvalue weighted by molar-refractivity contribution is 5.73. The quantitative estimate of drug-likeness (QED) is 0.560. The lowest BCUT2D eigenvalue weighted by atomic mass is 10.2. The van der Waals surface area contributed by atoms with Crippen LogP contribution < -0.4 is 11.1 Å². The van der Waals surface area contributed by atoms with E-state index in [1.54, 1.807) is 0 Å². The number of primary amides is 1. The zero-order valence-corrected chi connectivity index (χ0v) is 7.43. The van der Waals surface area contributed by atoms with Gasteiger partial charge < -0.3 is 11.1 Å². The Bertz CT molecular complexity index is 139. The second-order valence-electron chi connectivity index (χ2n) is 2.76. The van der Waals surface area contributed by atoms with Gasteiger partial charge in [0.15, 0.2) is 0 Å². The number of rotatable bonds is 6. The maximum absolute atomic E-state index is 10.4. The standard InChI is InChI=1S/C8H16N2O2/c1-7(11)10-6-4-2-3-5-8(9)12/h2-6H2,1H3,(H2,9,12)(H,10,11). The van der Waals surface area contributed by atoms with Gasteiger partial charge in [-0.1, -0.05) is 6.42 Å². The predicted octanol–water partition coefficient (Wildman–Crippen LogP) is 0.168. The van der Waals surface area contributed by atoms with Crippen molar-refractivity contribution in [3.8, 4) is 0 Å². The average molecular weight is 172 g/mol. The molecule has 0 bridgehead atoms. The van der Waals surface area contributed by atoms with E-state index < -0.39 is 0 Å². The Kier molecular flexibility index (Phi) is 6.05. The Labute approximate surface area is 72.5 Å². The Morgan fingerprint density at radius 2 is 1.92 bits per heavy atom. The molecule has 4 nitrogen and oxygen atoms in total. The van der Waals surface area contributed by atoms with E-state index in [1.165, 1.54) is 6.92 Å². The summed E-state index contributed by atoms with van der Waals surface area (Å²) >= 11 is 0. The number of unbranched alkanes of at least 4 members (excludes halogenated alkanes) is 2. The minimum atomic E-state index is -0.255. The van der Waals surface area contributed by atoms with Gasteiger partial charge in [0.05, 0.1) is 0 Å². The van der Waals surface area contributed by atoms with E-state index in [-0.39, 0.29) is 11.8 Å². The van der Waals surface area contributed by atoms with Crippen LogP contribution in [-0.4, -0.2) is 18.4 Å². The summed E-state index contributed by atoms with van der Waals surface area (Å²) in [6, 6.07) is 0. The molecule has 0 heterocycles. The molecule has 0 aliphatic carbocycles. The highest BCUT2D eigenvalue weighted by atomic mass is 16.1. The number of carbonyl (C=O) groups is 2. The highest BCUT2D eigenvalue weighted by Gasteiger charge is 1.94. The third kappa shape index (κ3) is 8.94. The van der Waals surface area contributed by atoms with Gasteiger partial charge in [0.2, 0.25) is 11.8 Å². The van der Waals surface area contributed by atoms with Gasteiger partial charge in [-0.15, -0.1) is 0 Å². The molecule has 0 aliphatic heterocycles. The van der Waals surface area contributed by atoms with Crippen molar-refractivity contribution >= 4 is 11.8 Å². The molecule has 0 radical (unpaired) electrons. The van der Waals surface area contributed by atoms with Gasteiger partial charge in [-0.3, -0.25) is 9.59 Å². The van der Waals surface area contributed by atoms with Crippen molar-refractivity contribution in [2.45, 2.75) is 32.6 Å². The Morgan fingerprint density at radius 3 is 2.42 bits per heavy atom. The lowest BCUT2D eigenvalue weighted by Gasteiger charge is -2.00. The number of hydrogen-bond acceptors (Lipinski definition) is 2. The van der Waals surface area contributed by atoms with Gasteiger partial charge in [0, 0.05) is 19.9 Å². The number of nitrogens with two attached hydrogens (primary N) is 1. The summed E-state index contributed by atoms with van der Waals surface area (Å²) in [5.41, 5.74) is 4.95. The minimum absolute atomic E-state index is 0.00935.